The van der Waals surface area contributed by atoms with Gasteiger partial charge in [-0.25, -0.2) is 0 Å². The molecular formula is C14H13Br2N3O. The molecule has 1 fully saturated rings. The van der Waals surface area contributed by atoms with Crippen LogP contribution in [0, 0.1) is 0 Å². The van der Waals surface area contributed by atoms with E-state index in [0.29, 0.717) is 17.4 Å². The minimum Gasteiger partial charge on any atom is -0.397 e. The van der Waals surface area contributed by atoms with Gasteiger partial charge in [0.2, 0.25) is 0 Å². The zero-order valence-corrected chi connectivity index (χ0v) is 13.7. The van der Waals surface area contributed by atoms with Crippen molar-refractivity contribution >= 4 is 49.1 Å². The summed E-state index contributed by atoms with van der Waals surface area (Å²) in [4.78, 5) is 12.5. The molecule has 2 aromatic rings. The largest absolute Gasteiger partial charge is 0.397 e. The molecule has 1 aliphatic rings. The van der Waals surface area contributed by atoms with Gasteiger partial charge >= 0.3 is 0 Å². The molecule has 0 saturated heterocycles. The van der Waals surface area contributed by atoms with E-state index in [1.165, 1.54) is 0 Å². The highest BCUT2D eigenvalue weighted by Gasteiger charge is 2.28. The van der Waals surface area contributed by atoms with Crippen LogP contribution in [0.4, 0.5) is 11.4 Å². The first-order valence-corrected chi connectivity index (χ1v) is 7.87. The number of nitrogens with two attached hydrogens (primary N) is 1. The molecule has 1 amide bonds. The number of nitrogens with one attached hydrogen (secondary N) is 1. The topological polar surface area (TPSA) is 60.1 Å². The number of nitrogen functional groups attached to an aromatic ring is 1. The van der Waals surface area contributed by atoms with Crippen molar-refractivity contribution in [3.05, 3.63) is 45.1 Å². The fourth-order valence-corrected chi connectivity index (χ4v) is 3.33. The van der Waals surface area contributed by atoms with E-state index < -0.39 is 0 Å². The van der Waals surface area contributed by atoms with Crippen LogP contribution in [0.2, 0.25) is 0 Å². The average Bonchev–Trinajstić information content (AvgIpc) is 3.17. The number of hydrogen-bond donors (Lipinski definition) is 2. The third kappa shape index (κ3) is 2.62. The van der Waals surface area contributed by atoms with Crippen molar-refractivity contribution in [3.8, 4) is 0 Å². The van der Waals surface area contributed by atoms with E-state index in [9.17, 15) is 4.79 Å². The first kappa shape index (κ1) is 13.7. The number of nitrogens with zero attached hydrogens (tertiary/aromatic N) is 1. The first-order valence-electron chi connectivity index (χ1n) is 6.29. The van der Waals surface area contributed by atoms with E-state index in [1.807, 2.05) is 29.0 Å². The molecule has 0 unspecified atom stereocenters. The Labute approximate surface area is 133 Å². The molecule has 1 aromatic heterocycles. The Balaban J connectivity index is 1.90. The predicted molar refractivity (Wildman–Crippen MR) is 86.9 cm³/mol. The Kier molecular flexibility index (Phi) is 3.60. The molecule has 6 heteroatoms. The Bertz CT molecular complexity index is 657. The van der Waals surface area contributed by atoms with Crippen LogP contribution in [0.15, 0.2) is 39.4 Å². The third-order valence-electron chi connectivity index (χ3n) is 3.24. The fourth-order valence-electron chi connectivity index (χ4n) is 2.13. The van der Waals surface area contributed by atoms with Crippen LogP contribution < -0.4 is 11.1 Å². The number of anilines is 2. The fraction of sp³-hybridized carbons (Fsp3) is 0.214. The summed E-state index contributed by atoms with van der Waals surface area (Å²) in [5.74, 6) is -0.152. The van der Waals surface area contributed by atoms with Crippen molar-refractivity contribution in [2.24, 2.45) is 0 Å². The van der Waals surface area contributed by atoms with Crippen LogP contribution >= 0.6 is 31.9 Å². The van der Waals surface area contributed by atoms with Crippen LogP contribution in [0.3, 0.4) is 0 Å². The molecule has 1 saturated carbocycles. The summed E-state index contributed by atoms with van der Waals surface area (Å²) in [6.45, 7) is 0. The molecule has 1 aliphatic carbocycles. The van der Waals surface area contributed by atoms with Crippen LogP contribution in [-0.4, -0.2) is 10.5 Å². The Hall–Kier alpha value is -1.27. The van der Waals surface area contributed by atoms with E-state index >= 15 is 0 Å². The highest BCUT2D eigenvalue weighted by molar-refractivity contribution is 9.11. The maximum Gasteiger partial charge on any atom is 0.272 e. The van der Waals surface area contributed by atoms with Gasteiger partial charge in [-0.2, -0.15) is 0 Å². The second kappa shape index (κ2) is 5.26. The van der Waals surface area contributed by atoms with E-state index in [-0.39, 0.29) is 5.91 Å². The van der Waals surface area contributed by atoms with Gasteiger partial charge in [0.1, 0.15) is 5.69 Å². The standard InChI is InChI=1S/C14H13Br2N3O/c15-10-2-1-3-11(16)13(10)18-14(20)12-6-8(17)7-19(12)9-4-5-9/h1-3,6-7,9H,4-5,17H2,(H,18,20). The first-order chi connectivity index (χ1) is 9.56. The van der Waals surface area contributed by atoms with Gasteiger partial charge in [0, 0.05) is 21.2 Å². The SMILES string of the molecule is Nc1cc(C(=O)Nc2c(Br)cccc2Br)n(C2CC2)c1. The molecule has 1 aromatic carbocycles. The van der Waals surface area contributed by atoms with Gasteiger partial charge in [0.25, 0.3) is 5.91 Å². The lowest BCUT2D eigenvalue weighted by atomic mass is 10.3. The maximum atomic E-state index is 12.5. The number of carbonyl (C=O) groups excluding carboxylic acids is 1. The van der Waals surface area contributed by atoms with Gasteiger partial charge in [0.05, 0.1) is 11.4 Å². The van der Waals surface area contributed by atoms with Gasteiger partial charge in [-0.05, 0) is 62.9 Å². The summed E-state index contributed by atoms with van der Waals surface area (Å²) in [6, 6.07) is 7.80. The molecular weight excluding hydrogens is 386 g/mol. The highest BCUT2D eigenvalue weighted by atomic mass is 79.9. The van der Waals surface area contributed by atoms with Crippen LogP contribution in [0.5, 0.6) is 0 Å². The van der Waals surface area contributed by atoms with Crippen LogP contribution in [0.1, 0.15) is 29.4 Å². The Morgan fingerprint density at radius 2 is 1.95 bits per heavy atom. The van der Waals surface area contributed by atoms with E-state index in [4.69, 9.17) is 5.73 Å². The zero-order valence-electron chi connectivity index (χ0n) is 10.6. The summed E-state index contributed by atoms with van der Waals surface area (Å²) < 4.78 is 3.63. The zero-order chi connectivity index (χ0) is 14.3. The number of rotatable bonds is 3. The van der Waals surface area contributed by atoms with E-state index in [2.05, 4.69) is 37.2 Å². The van der Waals surface area contributed by atoms with Crippen molar-refractivity contribution < 1.29 is 4.79 Å². The Morgan fingerprint density at radius 1 is 1.30 bits per heavy atom. The number of aromatic nitrogens is 1. The molecule has 3 N–H and O–H groups in total. The van der Waals surface area contributed by atoms with Gasteiger partial charge < -0.3 is 15.6 Å². The molecule has 0 atom stereocenters. The summed E-state index contributed by atoms with van der Waals surface area (Å²) in [5, 5.41) is 2.92. The Morgan fingerprint density at radius 3 is 2.55 bits per heavy atom. The number of hydrogen-bond acceptors (Lipinski definition) is 2. The van der Waals surface area contributed by atoms with Crippen molar-refractivity contribution in [2.45, 2.75) is 18.9 Å². The predicted octanol–water partition coefficient (Wildman–Crippen LogP) is 4.18. The van der Waals surface area contributed by atoms with Gasteiger partial charge in [-0.15, -0.1) is 0 Å². The molecule has 0 aliphatic heterocycles. The van der Waals surface area contributed by atoms with Crippen LogP contribution in [0.25, 0.3) is 0 Å². The molecule has 0 bridgehead atoms. The maximum absolute atomic E-state index is 12.5. The third-order valence-corrected chi connectivity index (χ3v) is 4.57. The summed E-state index contributed by atoms with van der Waals surface area (Å²) in [5.41, 5.74) is 7.76. The summed E-state index contributed by atoms with van der Waals surface area (Å²) in [7, 11) is 0. The molecule has 104 valence electrons. The van der Waals surface area contributed by atoms with E-state index in [0.717, 1.165) is 27.5 Å². The van der Waals surface area contributed by atoms with Crippen molar-refractivity contribution in [3.63, 3.8) is 0 Å². The number of para-hydroxylation sites is 1. The summed E-state index contributed by atoms with van der Waals surface area (Å²) in [6.07, 6.45) is 4.04. The number of halogens is 2. The lowest BCUT2D eigenvalue weighted by Gasteiger charge is -2.11. The van der Waals surface area contributed by atoms with Gasteiger partial charge in [0.15, 0.2) is 0 Å². The average molecular weight is 399 g/mol. The smallest absolute Gasteiger partial charge is 0.272 e. The molecule has 20 heavy (non-hydrogen) atoms. The second-order valence-corrected chi connectivity index (χ2v) is 6.56. The molecule has 0 spiro atoms. The number of carbonyl (C=O) groups is 1. The minimum atomic E-state index is -0.152. The highest BCUT2D eigenvalue weighted by Crippen LogP contribution is 2.37. The summed E-state index contributed by atoms with van der Waals surface area (Å²) >= 11 is 6.87. The molecule has 3 rings (SSSR count). The molecule has 0 radical (unpaired) electrons. The van der Waals surface area contributed by atoms with Crippen molar-refractivity contribution in [1.82, 2.24) is 4.57 Å². The lowest BCUT2D eigenvalue weighted by Crippen LogP contribution is -2.16. The van der Waals surface area contributed by atoms with Gasteiger partial charge in [-0.3, -0.25) is 4.79 Å². The minimum absolute atomic E-state index is 0.152. The monoisotopic (exact) mass is 397 g/mol. The van der Waals surface area contributed by atoms with Crippen molar-refractivity contribution in [1.29, 1.82) is 0 Å². The van der Waals surface area contributed by atoms with E-state index in [1.54, 1.807) is 6.07 Å². The van der Waals surface area contributed by atoms with Crippen molar-refractivity contribution in [2.75, 3.05) is 11.1 Å². The quantitative estimate of drug-likeness (QED) is 0.814. The lowest BCUT2D eigenvalue weighted by molar-refractivity contribution is 0.101. The molecule has 1 heterocycles. The second-order valence-electron chi connectivity index (χ2n) is 4.85. The normalized spacial score (nSPS) is 14.3. The number of amides is 1. The van der Waals surface area contributed by atoms with Crippen LogP contribution in [-0.2, 0) is 0 Å². The number of benzene rings is 1. The van der Waals surface area contributed by atoms with Gasteiger partial charge in [-0.1, -0.05) is 6.07 Å². The molecule has 4 nitrogen and oxygen atoms in total.